The Labute approximate surface area is 137 Å². The zero-order valence-corrected chi connectivity index (χ0v) is 16.1. The molecule has 0 spiro atoms. The molecule has 0 aromatic heterocycles. The monoisotopic (exact) mass is 473 g/mol. The fraction of sp³-hybridized carbons (Fsp3) is 0.263. The fourth-order valence-electron chi connectivity index (χ4n) is 2.52. The van der Waals surface area contributed by atoms with Gasteiger partial charge in [-0.15, -0.1) is 0 Å². The quantitative estimate of drug-likeness (QED) is 0.481. The van der Waals surface area contributed by atoms with Crippen molar-refractivity contribution in [2.24, 2.45) is 0 Å². The fourth-order valence-corrected chi connectivity index (χ4v) is 10.4. The molecule has 0 aliphatic heterocycles. The first-order chi connectivity index (χ1) is 10.0. The first-order valence-electron chi connectivity index (χ1n) is 7.41. The molecule has 0 N–H and O–H groups in total. The van der Waals surface area contributed by atoms with Crippen molar-refractivity contribution in [3.63, 3.8) is 0 Å². The molecule has 0 radical (unpaired) electrons. The number of benzene rings is 2. The number of hydrogen-bond acceptors (Lipinski definition) is 0. The molecule has 0 bridgehead atoms. The van der Waals surface area contributed by atoms with Crippen molar-refractivity contribution in [2.75, 3.05) is 0 Å². The predicted octanol–water partition coefficient (Wildman–Crippen LogP) is 5.96. The van der Waals surface area contributed by atoms with Crippen LogP contribution in [0.5, 0.6) is 0 Å². The standard InChI is InChI=1S/C15H11.C4H11Si.Pt/c1-2-7-12(6-1)15-11-5-9-13-8-3-4-10-14(13)15;1-5(2,3)4;/h1-11H;1H2,2-4H3;. The minimum atomic E-state index is -0.921. The molecule has 2 heteroatoms. The van der Waals surface area contributed by atoms with E-state index in [2.05, 4.69) is 80.3 Å². The van der Waals surface area contributed by atoms with E-state index < -0.39 is 8.07 Å². The van der Waals surface area contributed by atoms with E-state index in [4.69, 9.17) is 0 Å². The zero-order valence-electron chi connectivity index (χ0n) is 12.9. The van der Waals surface area contributed by atoms with Gasteiger partial charge in [0.25, 0.3) is 0 Å². The van der Waals surface area contributed by atoms with E-state index in [1.165, 1.54) is 20.8 Å². The maximum atomic E-state index is 2.49. The summed E-state index contributed by atoms with van der Waals surface area (Å²) >= 11 is 0.205. The average molecular weight is 474 g/mol. The molecule has 0 fully saturated rings. The molecule has 0 saturated carbocycles. The second-order valence-electron chi connectivity index (χ2n) is 6.70. The average Bonchev–Trinajstić information content (AvgIpc) is 2.92. The van der Waals surface area contributed by atoms with Crippen LogP contribution < -0.4 is 0 Å². The normalized spacial score (nSPS) is 18.4. The number of allylic oxidation sites excluding steroid dienone is 4. The molecule has 1 aliphatic carbocycles. The summed E-state index contributed by atoms with van der Waals surface area (Å²) in [5.41, 5.74) is 3.00. The molecule has 0 amide bonds. The second kappa shape index (κ2) is 6.06. The molecule has 21 heavy (non-hydrogen) atoms. The Morgan fingerprint density at radius 2 is 1.76 bits per heavy atom. The van der Waals surface area contributed by atoms with Gasteiger partial charge in [0.15, 0.2) is 0 Å². The van der Waals surface area contributed by atoms with E-state index in [1.807, 2.05) is 0 Å². The topological polar surface area (TPSA) is 0 Å². The Morgan fingerprint density at radius 3 is 2.57 bits per heavy atom. The van der Waals surface area contributed by atoms with Crippen LogP contribution in [0.4, 0.5) is 0 Å². The van der Waals surface area contributed by atoms with Gasteiger partial charge in [-0.2, -0.15) is 0 Å². The molecule has 3 rings (SSSR count). The Morgan fingerprint density at radius 1 is 1.00 bits per heavy atom. The van der Waals surface area contributed by atoms with Crippen LogP contribution in [0.2, 0.25) is 28.4 Å². The van der Waals surface area contributed by atoms with Gasteiger partial charge in [0.05, 0.1) is 0 Å². The van der Waals surface area contributed by atoms with Crippen molar-refractivity contribution in [3.05, 3.63) is 66.3 Å². The Hall–Kier alpha value is -0.915. The SMILES string of the molecule is C[Si](C)(C)[CH2][Pt][CH]1C=CC=C1c1cccc2ccccc12. The molecule has 112 valence electrons. The van der Waals surface area contributed by atoms with Gasteiger partial charge in [-0.25, -0.2) is 0 Å². The van der Waals surface area contributed by atoms with E-state index in [1.54, 1.807) is 5.57 Å². The molecule has 1 atom stereocenters. The predicted molar refractivity (Wildman–Crippen MR) is 93.0 cm³/mol. The minimum absolute atomic E-state index is 0.205. The van der Waals surface area contributed by atoms with Crippen LogP contribution in [0.25, 0.3) is 16.3 Å². The van der Waals surface area contributed by atoms with Gasteiger partial charge in [0.2, 0.25) is 0 Å². The first-order valence-corrected chi connectivity index (χ1v) is 14.0. The molecule has 0 saturated heterocycles. The van der Waals surface area contributed by atoms with Crippen LogP contribution in [-0.4, -0.2) is 8.07 Å². The molecule has 1 unspecified atom stereocenters. The Balaban J connectivity index is 1.92. The summed E-state index contributed by atoms with van der Waals surface area (Å²) in [5, 5.41) is 2.75. The van der Waals surface area contributed by atoms with Crippen molar-refractivity contribution in [3.8, 4) is 0 Å². The van der Waals surface area contributed by atoms with Crippen LogP contribution in [0.1, 0.15) is 5.56 Å². The van der Waals surface area contributed by atoms with Crippen LogP contribution in [0.15, 0.2) is 60.7 Å². The maximum absolute atomic E-state index is 2.49. The van der Waals surface area contributed by atoms with Gasteiger partial charge >= 0.3 is 138 Å². The summed E-state index contributed by atoms with van der Waals surface area (Å²) in [6.45, 7) is 7.48. The third-order valence-electron chi connectivity index (χ3n) is 3.46. The number of rotatable bonds is 4. The second-order valence-corrected chi connectivity index (χ2v) is 16.8. The summed E-state index contributed by atoms with van der Waals surface area (Å²) in [6.07, 6.45) is 7.05. The van der Waals surface area contributed by atoms with Gasteiger partial charge in [-0.3, -0.25) is 0 Å². The summed E-state index contributed by atoms with van der Waals surface area (Å²) in [6, 6.07) is 15.5. The molecule has 2 aromatic rings. The van der Waals surface area contributed by atoms with Crippen LogP contribution >= 0.6 is 0 Å². The molecule has 0 nitrogen and oxygen atoms in total. The van der Waals surface area contributed by atoms with Crippen molar-refractivity contribution in [2.45, 2.75) is 28.4 Å². The van der Waals surface area contributed by atoms with E-state index in [0.29, 0.717) is 4.31 Å². The Kier molecular flexibility index (Phi) is 4.33. The van der Waals surface area contributed by atoms with Crippen molar-refractivity contribution in [1.29, 1.82) is 0 Å². The van der Waals surface area contributed by atoms with E-state index in [-0.39, 0.29) is 18.6 Å². The summed E-state index contributed by atoms with van der Waals surface area (Å²) < 4.78 is 2.21. The van der Waals surface area contributed by atoms with Crippen LogP contribution in [0, 0.1) is 0 Å². The zero-order chi connectivity index (χ0) is 14.9. The van der Waals surface area contributed by atoms with Crippen molar-refractivity contribution >= 4 is 24.4 Å². The summed E-state index contributed by atoms with van der Waals surface area (Å²) in [5.74, 6) is 0. The van der Waals surface area contributed by atoms with Crippen LogP contribution in [-0.2, 0) is 18.6 Å². The van der Waals surface area contributed by atoms with E-state index in [0.717, 1.165) is 0 Å². The summed E-state index contributed by atoms with van der Waals surface area (Å²) in [7, 11) is -0.921. The van der Waals surface area contributed by atoms with E-state index in [9.17, 15) is 0 Å². The first kappa shape index (κ1) is 15.0. The Bertz CT molecular complexity index is 702. The number of fused-ring (bicyclic) bond motifs is 1. The molecular formula is C19H22PtSi. The van der Waals surface area contributed by atoms with Gasteiger partial charge in [0, 0.05) is 0 Å². The van der Waals surface area contributed by atoms with Crippen molar-refractivity contribution < 1.29 is 18.6 Å². The molecule has 1 aliphatic rings. The van der Waals surface area contributed by atoms with E-state index >= 15 is 0 Å². The number of hydrogen-bond donors (Lipinski definition) is 0. The molecular weight excluding hydrogens is 451 g/mol. The molecule has 2 aromatic carbocycles. The van der Waals surface area contributed by atoms with Gasteiger partial charge in [0.1, 0.15) is 0 Å². The summed E-state index contributed by atoms with van der Waals surface area (Å²) in [4.78, 5) is 0. The van der Waals surface area contributed by atoms with Gasteiger partial charge in [-0.05, 0) is 0 Å². The van der Waals surface area contributed by atoms with Gasteiger partial charge in [-0.1, -0.05) is 0 Å². The third kappa shape index (κ3) is 3.47. The molecule has 0 heterocycles. The van der Waals surface area contributed by atoms with Crippen LogP contribution in [0.3, 0.4) is 0 Å². The van der Waals surface area contributed by atoms with Crippen molar-refractivity contribution in [1.82, 2.24) is 0 Å². The van der Waals surface area contributed by atoms with Gasteiger partial charge < -0.3 is 0 Å². The third-order valence-corrected chi connectivity index (χ3v) is 15.0.